The zero-order valence-electron chi connectivity index (χ0n) is 16.9. The van der Waals surface area contributed by atoms with Gasteiger partial charge >= 0.3 is 0 Å². The van der Waals surface area contributed by atoms with Crippen molar-refractivity contribution in [3.63, 3.8) is 0 Å². The summed E-state index contributed by atoms with van der Waals surface area (Å²) in [4.78, 5) is 18.4. The summed E-state index contributed by atoms with van der Waals surface area (Å²) in [7, 11) is 0. The Hall–Kier alpha value is -3.64. The first-order valence-corrected chi connectivity index (χ1v) is 11.1. The van der Waals surface area contributed by atoms with Gasteiger partial charge in [-0.2, -0.15) is 0 Å². The molecule has 2 aromatic carbocycles. The van der Waals surface area contributed by atoms with Crippen LogP contribution in [0.2, 0.25) is 0 Å². The molecular weight excluding hydrogens is 404 g/mol. The molecule has 0 fully saturated rings. The summed E-state index contributed by atoms with van der Waals surface area (Å²) in [6.07, 6.45) is 3.83. The average Bonchev–Trinajstić information content (AvgIpc) is 3.56. The summed E-state index contributed by atoms with van der Waals surface area (Å²) in [6.45, 7) is 1.98. The Labute approximate surface area is 184 Å². The van der Waals surface area contributed by atoms with Gasteiger partial charge in [-0.05, 0) is 46.8 Å². The van der Waals surface area contributed by atoms with E-state index in [4.69, 9.17) is 0 Å². The predicted molar refractivity (Wildman–Crippen MR) is 124 cm³/mol. The average molecular weight is 427 g/mol. The maximum Gasteiger partial charge on any atom is 0.268 e. The fraction of sp³-hybridized carbons (Fsp3) is 0.120. The van der Waals surface area contributed by atoms with Crippen molar-refractivity contribution in [3.8, 4) is 0 Å². The molecule has 0 radical (unpaired) electrons. The summed E-state index contributed by atoms with van der Waals surface area (Å²) in [5.41, 5.74) is 5.08. The van der Waals surface area contributed by atoms with Gasteiger partial charge in [0.15, 0.2) is 0 Å². The molecule has 5 nitrogen and oxygen atoms in total. The Morgan fingerprint density at radius 2 is 1.71 bits per heavy atom. The number of hydrogen-bond donors (Lipinski definition) is 1. The molecule has 5 aromatic rings. The molecule has 0 saturated carbocycles. The molecule has 0 bridgehead atoms. The molecule has 0 saturated heterocycles. The van der Waals surface area contributed by atoms with Crippen LogP contribution in [0.3, 0.4) is 0 Å². The van der Waals surface area contributed by atoms with E-state index in [0.29, 0.717) is 18.8 Å². The van der Waals surface area contributed by atoms with E-state index in [2.05, 4.69) is 56.6 Å². The van der Waals surface area contributed by atoms with Crippen LogP contribution >= 0.6 is 11.3 Å². The van der Waals surface area contributed by atoms with Crippen LogP contribution in [-0.2, 0) is 19.6 Å². The standard InChI is InChI=1S/C25H22N4OS/c30-25(24-8-3-13-28(24)17-21-5-4-14-31-21)26-15-19-9-11-20(12-10-19)16-29-18-27-22-6-1-2-7-23(22)29/h1-14,18H,15-17H2,(H,26,30). The molecule has 3 heterocycles. The molecule has 0 aliphatic heterocycles. The molecule has 0 unspecified atom stereocenters. The molecule has 5 rings (SSSR count). The molecule has 154 valence electrons. The van der Waals surface area contributed by atoms with E-state index >= 15 is 0 Å². The Balaban J connectivity index is 1.21. The quantitative estimate of drug-likeness (QED) is 0.401. The highest BCUT2D eigenvalue weighted by molar-refractivity contribution is 7.09. The number of benzene rings is 2. The summed E-state index contributed by atoms with van der Waals surface area (Å²) in [6, 6.07) is 24.4. The third-order valence-electron chi connectivity index (χ3n) is 5.32. The molecule has 0 spiro atoms. The Morgan fingerprint density at radius 1 is 0.871 bits per heavy atom. The fourth-order valence-electron chi connectivity index (χ4n) is 3.70. The van der Waals surface area contributed by atoms with E-state index < -0.39 is 0 Å². The van der Waals surface area contributed by atoms with Gasteiger partial charge in [0.1, 0.15) is 5.69 Å². The van der Waals surface area contributed by atoms with Crippen molar-refractivity contribution in [3.05, 3.63) is 112 Å². The van der Waals surface area contributed by atoms with Crippen molar-refractivity contribution in [1.29, 1.82) is 0 Å². The normalized spacial score (nSPS) is 11.1. The molecule has 3 aromatic heterocycles. The molecule has 31 heavy (non-hydrogen) atoms. The minimum Gasteiger partial charge on any atom is -0.347 e. The van der Waals surface area contributed by atoms with Crippen molar-refractivity contribution < 1.29 is 4.79 Å². The molecular formula is C25H22N4OS. The summed E-state index contributed by atoms with van der Waals surface area (Å²) >= 11 is 1.70. The second-order valence-electron chi connectivity index (χ2n) is 7.46. The van der Waals surface area contributed by atoms with Crippen LogP contribution in [0.4, 0.5) is 0 Å². The molecule has 6 heteroatoms. The van der Waals surface area contributed by atoms with Crippen molar-refractivity contribution >= 4 is 28.3 Å². The van der Waals surface area contributed by atoms with Gasteiger partial charge in [-0.3, -0.25) is 4.79 Å². The third-order valence-corrected chi connectivity index (χ3v) is 6.19. The smallest absolute Gasteiger partial charge is 0.268 e. The number of thiophene rings is 1. The number of carbonyl (C=O) groups is 1. The number of imidazole rings is 1. The number of fused-ring (bicyclic) bond motifs is 1. The van der Waals surface area contributed by atoms with Crippen LogP contribution < -0.4 is 5.32 Å². The molecule has 0 aliphatic carbocycles. The van der Waals surface area contributed by atoms with Crippen LogP contribution in [0.25, 0.3) is 11.0 Å². The van der Waals surface area contributed by atoms with E-state index in [1.54, 1.807) is 11.3 Å². The van der Waals surface area contributed by atoms with Crippen LogP contribution in [-0.4, -0.2) is 20.0 Å². The number of hydrogen-bond acceptors (Lipinski definition) is 3. The Bertz CT molecular complexity index is 1300. The second kappa shape index (κ2) is 8.62. The lowest BCUT2D eigenvalue weighted by Gasteiger charge is -2.10. The van der Waals surface area contributed by atoms with Gasteiger partial charge in [0.2, 0.25) is 0 Å². The van der Waals surface area contributed by atoms with Gasteiger partial charge in [0.25, 0.3) is 5.91 Å². The fourth-order valence-corrected chi connectivity index (χ4v) is 4.40. The first-order valence-electron chi connectivity index (χ1n) is 10.2. The van der Waals surface area contributed by atoms with E-state index in [1.807, 2.05) is 53.5 Å². The van der Waals surface area contributed by atoms with E-state index in [0.717, 1.165) is 23.1 Å². The highest BCUT2D eigenvalue weighted by atomic mass is 32.1. The summed E-state index contributed by atoms with van der Waals surface area (Å²) in [5, 5.41) is 5.09. The number of carbonyl (C=O) groups excluding carboxylic acids is 1. The molecule has 0 aliphatic rings. The zero-order valence-corrected chi connectivity index (χ0v) is 17.8. The highest BCUT2D eigenvalue weighted by Gasteiger charge is 2.11. The van der Waals surface area contributed by atoms with E-state index in [9.17, 15) is 4.79 Å². The van der Waals surface area contributed by atoms with Crippen LogP contribution in [0.15, 0.2) is 90.7 Å². The Kier molecular flexibility index (Phi) is 5.37. The largest absolute Gasteiger partial charge is 0.347 e. The number of aromatic nitrogens is 3. The minimum absolute atomic E-state index is 0.0597. The van der Waals surface area contributed by atoms with Gasteiger partial charge in [0, 0.05) is 24.2 Å². The van der Waals surface area contributed by atoms with Crippen molar-refractivity contribution in [2.24, 2.45) is 0 Å². The van der Waals surface area contributed by atoms with Crippen molar-refractivity contribution in [1.82, 2.24) is 19.4 Å². The Morgan fingerprint density at radius 3 is 2.55 bits per heavy atom. The number of para-hydroxylation sites is 2. The summed E-state index contributed by atoms with van der Waals surface area (Å²) < 4.78 is 4.13. The maximum atomic E-state index is 12.7. The number of amides is 1. The van der Waals surface area contributed by atoms with Crippen molar-refractivity contribution in [2.45, 2.75) is 19.6 Å². The monoisotopic (exact) mass is 426 g/mol. The molecule has 1 N–H and O–H groups in total. The topological polar surface area (TPSA) is 51.9 Å². The van der Waals surface area contributed by atoms with Crippen LogP contribution in [0, 0.1) is 0 Å². The lowest BCUT2D eigenvalue weighted by atomic mass is 10.1. The maximum absolute atomic E-state index is 12.7. The minimum atomic E-state index is -0.0597. The number of rotatable bonds is 7. The van der Waals surface area contributed by atoms with Gasteiger partial charge in [-0.25, -0.2) is 4.98 Å². The van der Waals surface area contributed by atoms with E-state index in [-0.39, 0.29) is 5.91 Å². The van der Waals surface area contributed by atoms with Crippen LogP contribution in [0.1, 0.15) is 26.5 Å². The third kappa shape index (κ3) is 4.29. The second-order valence-corrected chi connectivity index (χ2v) is 8.49. The first kappa shape index (κ1) is 19.3. The lowest BCUT2D eigenvalue weighted by molar-refractivity contribution is 0.0942. The molecule has 0 atom stereocenters. The van der Waals surface area contributed by atoms with Gasteiger partial charge in [-0.15, -0.1) is 11.3 Å². The lowest BCUT2D eigenvalue weighted by Crippen LogP contribution is -2.25. The van der Waals surface area contributed by atoms with Crippen LogP contribution in [0.5, 0.6) is 0 Å². The van der Waals surface area contributed by atoms with Crippen molar-refractivity contribution in [2.75, 3.05) is 0 Å². The SMILES string of the molecule is O=C(NCc1ccc(Cn2cnc3ccccc32)cc1)c1cccn1Cc1cccs1. The zero-order chi connectivity index (χ0) is 21.0. The summed E-state index contributed by atoms with van der Waals surface area (Å²) in [5.74, 6) is -0.0597. The number of nitrogens with zero attached hydrogens (tertiary/aromatic N) is 3. The molecule has 1 amide bonds. The first-order chi connectivity index (χ1) is 15.3. The van der Waals surface area contributed by atoms with E-state index in [1.165, 1.54) is 10.4 Å². The van der Waals surface area contributed by atoms with Gasteiger partial charge in [0.05, 0.1) is 23.9 Å². The predicted octanol–water partition coefficient (Wildman–Crippen LogP) is 4.93. The number of nitrogens with one attached hydrogen (secondary N) is 1. The van der Waals surface area contributed by atoms with Gasteiger partial charge in [-0.1, -0.05) is 42.5 Å². The highest BCUT2D eigenvalue weighted by Crippen LogP contribution is 2.15. The van der Waals surface area contributed by atoms with Gasteiger partial charge < -0.3 is 14.5 Å².